The number of hydrogen-bond donors (Lipinski definition) is 0. The molecule has 0 spiro atoms. The van der Waals surface area contributed by atoms with Gasteiger partial charge in [0, 0.05) is 0 Å². The molecule has 0 aliphatic heterocycles. The molecule has 0 unspecified atom stereocenters. The molecule has 0 saturated carbocycles. The van der Waals surface area contributed by atoms with Crippen molar-refractivity contribution in [3.05, 3.63) is 0 Å². The predicted octanol–water partition coefficient (Wildman–Crippen LogP) is -1.42. The van der Waals surface area contributed by atoms with Crippen LogP contribution in [-0.2, 0) is 13.7 Å². The Labute approximate surface area is 61.3 Å². The average Bonchev–Trinajstić information content (AvgIpc) is 1.46. The van der Waals surface area contributed by atoms with E-state index in [1.54, 1.807) is 0 Å². The van der Waals surface area contributed by atoms with Crippen LogP contribution >= 0.6 is 0 Å². The zero-order chi connectivity index (χ0) is 4.71. The Morgan fingerprint density at radius 3 is 1.20 bits per heavy atom. The van der Waals surface area contributed by atoms with Crippen LogP contribution in [0.4, 0.5) is 0 Å². The fraction of sp³-hybridized carbons (Fsp3) is 0. The molecule has 0 aromatic rings. The molecule has 0 aromatic carbocycles. The van der Waals surface area contributed by atoms with Crippen LogP contribution in [0, 0.1) is 0 Å². The second kappa shape index (κ2) is 16.9. The minimum atomic E-state index is 2.44. The SMILES string of the molecule is [Mn]=[Se].[Se]=C=[Se]. The van der Waals surface area contributed by atoms with E-state index in [1.807, 2.05) is 0 Å². The molecular weight excluding hydrogens is 304 g/mol. The van der Waals surface area contributed by atoms with Crippen molar-refractivity contribution in [2.45, 2.75) is 0 Å². The molecule has 0 radical (unpaired) electrons. The number of hydrogen-bond acceptors (Lipinski definition) is 0. The first-order valence-corrected chi connectivity index (χ1v) is 5.43. The average molecular weight is 304 g/mol. The Morgan fingerprint density at radius 2 is 1.20 bits per heavy atom. The van der Waals surface area contributed by atoms with E-state index < -0.39 is 0 Å². The van der Waals surface area contributed by atoms with Crippen LogP contribution in [0.25, 0.3) is 0 Å². The zero-order valence-electron chi connectivity index (χ0n) is 2.10. The van der Waals surface area contributed by atoms with Crippen LogP contribution in [0.5, 0.6) is 0 Å². The Bertz CT molecular complexity index is 36.2. The molecule has 0 N–H and O–H groups in total. The van der Waals surface area contributed by atoms with Gasteiger partial charge in [-0.1, -0.05) is 0 Å². The van der Waals surface area contributed by atoms with Gasteiger partial charge in [-0.3, -0.25) is 0 Å². The van der Waals surface area contributed by atoms with Gasteiger partial charge in [0.2, 0.25) is 0 Å². The fourth-order valence-electron chi connectivity index (χ4n) is 0. The standard InChI is InChI=1S/CSe2.Mn.Se/c2-1-3;;. The molecule has 0 atom stereocenters. The maximum absolute atomic E-state index is 2.81. The van der Waals surface area contributed by atoms with Gasteiger partial charge in [0.05, 0.1) is 0 Å². The van der Waals surface area contributed by atoms with Crippen LogP contribution in [0.1, 0.15) is 0 Å². The van der Waals surface area contributed by atoms with Crippen molar-refractivity contribution in [1.82, 2.24) is 0 Å². The molecule has 5 heavy (non-hydrogen) atoms. The summed E-state index contributed by atoms with van der Waals surface area (Å²) in [6.07, 6.45) is 0. The summed E-state index contributed by atoms with van der Waals surface area (Å²) in [5.74, 6) is 0. The minimum absolute atomic E-state index is 2.44. The normalized spacial score (nSPS) is 2.40. The summed E-state index contributed by atoms with van der Waals surface area (Å²) in [6.45, 7) is 0. The van der Waals surface area contributed by atoms with Crippen molar-refractivity contribution in [2.75, 3.05) is 0 Å². The summed E-state index contributed by atoms with van der Waals surface area (Å²) >= 11 is 10.2. The molecule has 0 nitrogen and oxygen atoms in total. The molecule has 0 fully saturated rings. The van der Waals surface area contributed by atoms with E-state index in [-0.39, 0.29) is 0 Å². The van der Waals surface area contributed by atoms with Crippen LogP contribution in [-0.4, -0.2) is 48.2 Å². The summed E-state index contributed by atoms with van der Waals surface area (Å²) < 4.78 is 2.50. The van der Waals surface area contributed by atoms with E-state index in [0.29, 0.717) is 0 Å². The van der Waals surface area contributed by atoms with Crippen molar-refractivity contribution in [3.8, 4) is 0 Å². The van der Waals surface area contributed by atoms with Gasteiger partial charge in [-0.2, -0.15) is 0 Å². The predicted molar refractivity (Wildman–Crippen MR) is 22.3 cm³/mol. The van der Waals surface area contributed by atoms with E-state index >= 15 is 0 Å². The molecule has 0 rings (SSSR count). The molecule has 0 heterocycles. The second-order valence-electron chi connectivity index (χ2n) is 0.0833. The quantitative estimate of drug-likeness (QED) is 0.482. The topological polar surface area (TPSA) is 0 Å². The Hall–Kier alpha value is 1.86. The third-order valence-electron chi connectivity index (χ3n) is 0. The van der Waals surface area contributed by atoms with Gasteiger partial charge in [-0.15, -0.1) is 0 Å². The van der Waals surface area contributed by atoms with Gasteiger partial charge in [-0.05, 0) is 0 Å². The van der Waals surface area contributed by atoms with Crippen molar-refractivity contribution in [3.63, 3.8) is 0 Å². The first kappa shape index (κ1) is 9.97. The molecule has 0 aliphatic rings. The molecule has 29 valence electrons. The van der Waals surface area contributed by atoms with Gasteiger partial charge in [0.1, 0.15) is 0 Å². The van der Waals surface area contributed by atoms with Gasteiger partial charge in [0.15, 0.2) is 0 Å². The Balaban J connectivity index is 0. The van der Waals surface area contributed by atoms with E-state index in [0.717, 1.165) is 0 Å². The molecule has 4 heteroatoms. The number of rotatable bonds is 0. The Kier molecular flexibility index (Phi) is 33.8. The molecule has 0 saturated heterocycles. The van der Waals surface area contributed by atoms with Gasteiger partial charge >= 0.3 is 61.9 Å². The van der Waals surface area contributed by atoms with Crippen LogP contribution < -0.4 is 0 Å². The van der Waals surface area contributed by atoms with Crippen LogP contribution in [0.2, 0.25) is 0 Å². The second-order valence-corrected chi connectivity index (χ2v) is 2.25. The summed E-state index contributed by atoms with van der Waals surface area (Å²) in [6, 6.07) is 0. The monoisotopic (exact) mass is 307 g/mol. The summed E-state index contributed by atoms with van der Waals surface area (Å²) in [4.78, 5) is 0. The summed E-state index contributed by atoms with van der Waals surface area (Å²) in [5, 5.41) is 0. The van der Waals surface area contributed by atoms with Crippen molar-refractivity contribution in [1.29, 1.82) is 0 Å². The summed E-state index contributed by atoms with van der Waals surface area (Å²) in [7, 11) is 0. The van der Waals surface area contributed by atoms with Crippen LogP contribution in [0.3, 0.4) is 0 Å². The molecule has 0 aromatic heterocycles. The first-order valence-electron chi connectivity index (χ1n) is 0.563. The fourth-order valence-corrected chi connectivity index (χ4v) is 0. The Morgan fingerprint density at radius 1 is 1.20 bits per heavy atom. The van der Waals surface area contributed by atoms with Crippen molar-refractivity contribution < 1.29 is 13.7 Å². The van der Waals surface area contributed by atoms with E-state index in [4.69, 9.17) is 0 Å². The first-order chi connectivity index (χ1) is 2.41. The third-order valence-corrected chi connectivity index (χ3v) is 0. The molecule has 0 aliphatic carbocycles. The van der Waals surface area contributed by atoms with E-state index in [1.165, 1.54) is 0 Å². The van der Waals surface area contributed by atoms with Crippen LogP contribution in [0.15, 0.2) is 0 Å². The maximum atomic E-state index is 2.81. The van der Waals surface area contributed by atoms with E-state index in [9.17, 15) is 0 Å². The van der Waals surface area contributed by atoms with Gasteiger partial charge in [-0.25, -0.2) is 0 Å². The van der Waals surface area contributed by atoms with Crippen molar-refractivity contribution >= 4 is 48.2 Å². The van der Waals surface area contributed by atoms with Crippen molar-refractivity contribution in [2.24, 2.45) is 0 Å². The van der Waals surface area contributed by atoms with Gasteiger partial charge < -0.3 is 0 Å². The van der Waals surface area contributed by atoms with E-state index in [2.05, 4.69) is 61.9 Å². The molecule has 0 amide bonds. The zero-order valence-corrected chi connectivity index (χ0v) is 8.42. The molecular formula is CMnSe3. The molecule has 0 bridgehead atoms. The summed E-state index contributed by atoms with van der Waals surface area (Å²) in [5.41, 5.74) is 0. The van der Waals surface area contributed by atoms with Gasteiger partial charge in [0.25, 0.3) is 0 Å². The third kappa shape index (κ3) is 25.3.